The van der Waals surface area contributed by atoms with Gasteiger partial charge in [-0.15, -0.1) is 0 Å². The summed E-state index contributed by atoms with van der Waals surface area (Å²) in [7, 11) is 0. The summed E-state index contributed by atoms with van der Waals surface area (Å²) in [6.45, 7) is 2.21. The molecule has 1 saturated carbocycles. The minimum atomic E-state index is -0.546. The lowest BCUT2D eigenvalue weighted by molar-refractivity contribution is -0.162. The van der Waals surface area contributed by atoms with Crippen molar-refractivity contribution in [1.29, 1.82) is 0 Å². The Bertz CT molecular complexity index is 751. The zero-order valence-corrected chi connectivity index (χ0v) is 17.8. The molecule has 2 amide bonds. The molecule has 2 bridgehead atoms. The van der Waals surface area contributed by atoms with Crippen molar-refractivity contribution in [3.05, 3.63) is 34.9 Å². The van der Waals surface area contributed by atoms with E-state index in [0.717, 1.165) is 18.7 Å². The summed E-state index contributed by atoms with van der Waals surface area (Å²) in [5, 5.41) is 16.6. The van der Waals surface area contributed by atoms with E-state index in [4.69, 9.17) is 26.6 Å². The van der Waals surface area contributed by atoms with E-state index in [9.17, 15) is 9.59 Å². The van der Waals surface area contributed by atoms with Gasteiger partial charge in [-0.05, 0) is 55.2 Å². The molecule has 164 valence electrons. The number of piperidine rings is 1. The van der Waals surface area contributed by atoms with Crippen LogP contribution in [-0.2, 0) is 20.8 Å². The van der Waals surface area contributed by atoms with Gasteiger partial charge in [0.2, 0.25) is 11.8 Å². The molecule has 2 atom stereocenters. The van der Waals surface area contributed by atoms with Crippen molar-refractivity contribution < 1.29 is 24.6 Å². The first-order chi connectivity index (χ1) is 14.4. The van der Waals surface area contributed by atoms with Gasteiger partial charge >= 0.3 is 0 Å². The van der Waals surface area contributed by atoms with Crippen molar-refractivity contribution in [2.24, 2.45) is 17.3 Å². The Morgan fingerprint density at radius 3 is 2.20 bits per heavy atom. The summed E-state index contributed by atoms with van der Waals surface area (Å²) < 4.78 is 0. The van der Waals surface area contributed by atoms with Crippen LogP contribution in [0.4, 0.5) is 0 Å². The molecule has 4 rings (SSSR count). The largest absolute Gasteiger partial charge is 0.483 e. The van der Waals surface area contributed by atoms with Crippen LogP contribution in [0.25, 0.3) is 0 Å². The third kappa shape index (κ3) is 4.95. The van der Waals surface area contributed by atoms with E-state index < -0.39 is 5.41 Å². The smallest absolute Gasteiger partial charge is 0.290 e. The highest BCUT2D eigenvalue weighted by atomic mass is 35.5. The number of aliphatic hydroxyl groups is 1. The first-order valence-corrected chi connectivity index (χ1v) is 10.8. The number of aliphatic hydroxyl groups excluding tert-OH is 1. The molecule has 30 heavy (non-hydrogen) atoms. The predicted molar refractivity (Wildman–Crippen MR) is 112 cm³/mol. The lowest BCUT2D eigenvalue weighted by atomic mass is 9.72. The number of halogens is 1. The lowest BCUT2D eigenvalue weighted by Gasteiger charge is -2.51. The standard InChI is InChI=1S/C21H27ClN2O3.CH2O2/c22-18-5-3-15(4-6-18)10-21(13-24(14-21)19(26)7-8-25)20(27)23-11-16-1-2-17(9-16)12-23;2-1-3/h3-6,16-17,25H,1-2,7-14H2;1H,(H,2,3)/t16-,17+;. The molecule has 1 aromatic carbocycles. The minimum absolute atomic E-state index is 0.0734. The van der Waals surface area contributed by atoms with Crippen molar-refractivity contribution in [2.75, 3.05) is 32.8 Å². The van der Waals surface area contributed by atoms with Gasteiger partial charge in [0.15, 0.2) is 0 Å². The summed E-state index contributed by atoms with van der Waals surface area (Å²) in [5.41, 5.74) is 0.525. The number of carboxylic acid groups (broad SMARTS) is 1. The van der Waals surface area contributed by atoms with Crippen molar-refractivity contribution in [3.63, 3.8) is 0 Å². The highest BCUT2D eigenvalue weighted by Gasteiger charge is 2.53. The Hall–Kier alpha value is -2.12. The molecular formula is C22H29ClN2O5. The van der Waals surface area contributed by atoms with Crippen molar-refractivity contribution >= 4 is 29.9 Å². The molecule has 0 unspecified atom stereocenters. The highest BCUT2D eigenvalue weighted by molar-refractivity contribution is 6.30. The van der Waals surface area contributed by atoms with Crippen molar-refractivity contribution in [3.8, 4) is 0 Å². The van der Waals surface area contributed by atoms with E-state index >= 15 is 0 Å². The predicted octanol–water partition coefficient (Wildman–Crippen LogP) is 2.05. The number of likely N-dealkylation sites (tertiary alicyclic amines) is 2. The molecule has 0 aromatic heterocycles. The molecule has 2 aliphatic heterocycles. The average Bonchev–Trinajstić information content (AvgIpc) is 3.03. The number of amides is 2. The zero-order chi connectivity index (χ0) is 21.7. The normalized spacial score (nSPS) is 23.8. The number of nitrogens with zero attached hydrogens (tertiary/aromatic N) is 2. The fourth-order valence-electron chi connectivity index (χ4n) is 5.14. The van der Waals surface area contributed by atoms with E-state index in [2.05, 4.69) is 4.90 Å². The Balaban J connectivity index is 0.000000806. The van der Waals surface area contributed by atoms with E-state index in [-0.39, 0.29) is 31.3 Å². The number of fused-ring (bicyclic) bond motifs is 2. The molecule has 3 fully saturated rings. The van der Waals surface area contributed by atoms with Crippen LogP contribution in [0.1, 0.15) is 31.2 Å². The molecule has 3 aliphatic rings. The topological polar surface area (TPSA) is 98.2 Å². The SMILES string of the molecule is O=C(CCO)N1CC(Cc2ccc(Cl)cc2)(C(=O)N2C[C@@H]3CC[C@@H](C3)C2)C1.O=CO. The van der Waals surface area contributed by atoms with Crippen LogP contribution in [0.2, 0.25) is 5.02 Å². The van der Waals surface area contributed by atoms with Gasteiger partial charge in [-0.1, -0.05) is 23.7 Å². The summed E-state index contributed by atoms with van der Waals surface area (Å²) in [5.74, 6) is 1.41. The zero-order valence-electron chi connectivity index (χ0n) is 17.0. The van der Waals surface area contributed by atoms with Gasteiger partial charge in [0, 0.05) is 37.6 Å². The number of benzene rings is 1. The Morgan fingerprint density at radius 1 is 1.10 bits per heavy atom. The van der Waals surface area contributed by atoms with Gasteiger partial charge < -0.3 is 20.0 Å². The van der Waals surface area contributed by atoms with E-state index in [1.165, 1.54) is 19.3 Å². The molecule has 1 aliphatic carbocycles. The Morgan fingerprint density at radius 2 is 1.67 bits per heavy atom. The maximum absolute atomic E-state index is 13.5. The lowest BCUT2D eigenvalue weighted by Crippen LogP contribution is -2.66. The maximum atomic E-state index is 13.5. The third-order valence-corrected chi connectivity index (χ3v) is 6.72. The van der Waals surface area contributed by atoms with Crippen molar-refractivity contribution in [2.45, 2.75) is 32.1 Å². The van der Waals surface area contributed by atoms with Crippen LogP contribution in [0.3, 0.4) is 0 Å². The van der Waals surface area contributed by atoms with Crippen LogP contribution >= 0.6 is 11.6 Å². The quantitative estimate of drug-likeness (QED) is 0.688. The Labute approximate surface area is 181 Å². The molecule has 1 aromatic rings. The number of carbonyl (C=O) groups is 3. The molecule has 7 nitrogen and oxygen atoms in total. The maximum Gasteiger partial charge on any atom is 0.290 e. The molecule has 8 heteroatoms. The highest BCUT2D eigenvalue weighted by Crippen LogP contribution is 2.41. The van der Waals surface area contributed by atoms with Crippen molar-refractivity contribution in [1.82, 2.24) is 9.80 Å². The number of hydrogen-bond donors (Lipinski definition) is 2. The monoisotopic (exact) mass is 436 g/mol. The molecule has 0 radical (unpaired) electrons. The van der Waals surface area contributed by atoms with Crippen LogP contribution in [0.5, 0.6) is 0 Å². The van der Waals surface area contributed by atoms with E-state index in [1.54, 1.807) is 4.90 Å². The molecule has 2 heterocycles. The van der Waals surface area contributed by atoms with Gasteiger partial charge in [0.25, 0.3) is 6.47 Å². The molecule has 0 spiro atoms. The van der Waals surface area contributed by atoms with Gasteiger partial charge in [-0.25, -0.2) is 0 Å². The average molecular weight is 437 g/mol. The van der Waals surface area contributed by atoms with Gasteiger partial charge in [0.05, 0.1) is 12.0 Å². The van der Waals surface area contributed by atoms with Gasteiger partial charge in [0.1, 0.15) is 0 Å². The second kappa shape index (κ2) is 9.79. The Kier molecular flexibility index (Phi) is 7.36. The van der Waals surface area contributed by atoms with Crippen LogP contribution in [0.15, 0.2) is 24.3 Å². The second-order valence-electron chi connectivity index (χ2n) is 8.67. The second-order valence-corrected chi connectivity index (χ2v) is 9.10. The summed E-state index contributed by atoms with van der Waals surface area (Å²) in [6, 6.07) is 7.64. The summed E-state index contributed by atoms with van der Waals surface area (Å²) in [6.07, 6.45) is 4.48. The van der Waals surface area contributed by atoms with Gasteiger partial charge in [-0.2, -0.15) is 0 Å². The minimum Gasteiger partial charge on any atom is -0.483 e. The van der Waals surface area contributed by atoms with Crippen LogP contribution in [0, 0.1) is 17.3 Å². The summed E-state index contributed by atoms with van der Waals surface area (Å²) >= 11 is 6.00. The van der Waals surface area contributed by atoms with E-state index in [0.29, 0.717) is 36.4 Å². The van der Waals surface area contributed by atoms with E-state index in [1.807, 2.05) is 24.3 Å². The fourth-order valence-corrected chi connectivity index (χ4v) is 5.27. The summed E-state index contributed by atoms with van der Waals surface area (Å²) in [4.78, 5) is 37.8. The first-order valence-electron chi connectivity index (χ1n) is 10.4. The molecule has 2 N–H and O–H groups in total. The first kappa shape index (κ1) is 22.6. The number of carbonyl (C=O) groups excluding carboxylic acids is 2. The fraction of sp³-hybridized carbons (Fsp3) is 0.591. The molecule has 2 saturated heterocycles. The molecular weight excluding hydrogens is 408 g/mol. The number of rotatable bonds is 5. The van der Waals surface area contributed by atoms with Gasteiger partial charge in [-0.3, -0.25) is 14.4 Å². The third-order valence-electron chi connectivity index (χ3n) is 6.47. The number of hydrogen-bond acceptors (Lipinski definition) is 4. The van der Waals surface area contributed by atoms with Crippen LogP contribution < -0.4 is 0 Å². The van der Waals surface area contributed by atoms with Crippen LogP contribution in [-0.4, -0.2) is 71.1 Å².